The van der Waals surface area contributed by atoms with E-state index >= 15 is 0 Å². The molecule has 1 fully saturated rings. The Morgan fingerprint density at radius 3 is 2.14 bits per heavy atom. The van der Waals surface area contributed by atoms with Gasteiger partial charge in [-0.3, -0.25) is 19.5 Å². The Balaban J connectivity index is 1.42. The van der Waals surface area contributed by atoms with Crippen molar-refractivity contribution < 1.29 is 45.1 Å². The van der Waals surface area contributed by atoms with Gasteiger partial charge in [-0.05, 0) is 62.3 Å². The molecule has 232 valence electrons. The maximum absolute atomic E-state index is 13.8. The van der Waals surface area contributed by atoms with Crippen LogP contribution in [0, 0.1) is 0 Å². The second-order valence-electron chi connectivity index (χ2n) is 10.7. The lowest BCUT2D eigenvalue weighted by Crippen LogP contribution is -2.59. The molecule has 3 amide bonds. The van der Waals surface area contributed by atoms with Crippen molar-refractivity contribution >= 4 is 29.2 Å². The Hall–Kier alpha value is -4.14. The number of nitrogens with zero attached hydrogens (tertiary/aromatic N) is 3. The lowest BCUT2D eigenvalue weighted by atomic mass is 9.78. The Kier molecular flexibility index (Phi) is 9.04. The molecule has 3 N–H and O–H groups in total. The summed E-state index contributed by atoms with van der Waals surface area (Å²) in [5.74, 6) is -1.38. The van der Waals surface area contributed by atoms with Crippen LogP contribution in [0.15, 0.2) is 59.3 Å². The Morgan fingerprint density at radius 2 is 1.58 bits per heavy atom. The van der Waals surface area contributed by atoms with Gasteiger partial charge < -0.3 is 10.6 Å². The molecule has 1 aliphatic carbocycles. The molecule has 0 spiro atoms. The SMILES string of the molecule is C[C@H](C(=O)Nc1cc(NC(=O)Nc2c[n+](C3CCC(N(C)C)(C(F)(F)F)CC3)no2)cc(C(F)(F)F)c1)c1ccccc1. The van der Waals surface area contributed by atoms with Gasteiger partial charge in [0, 0.05) is 24.2 Å². The number of amides is 3. The molecule has 2 aromatic carbocycles. The lowest BCUT2D eigenvalue weighted by Gasteiger charge is -2.44. The van der Waals surface area contributed by atoms with Gasteiger partial charge in [0.15, 0.2) is 6.04 Å². The van der Waals surface area contributed by atoms with E-state index in [1.54, 1.807) is 37.3 Å². The quantitative estimate of drug-likeness (QED) is 0.213. The van der Waals surface area contributed by atoms with E-state index in [9.17, 15) is 35.9 Å². The van der Waals surface area contributed by atoms with E-state index in [1.165, 1.54) is 35.9 Å². The molecule has 0 radical (unpaired) electrons. The van der Waals surface area contributed by atoms with E-state index in [0.29, 0.717) is 11.6 Å². The number of rotatable bonds is 7. The number of urea groups is 1. The Bertz CT molecular complexity index is 1430. The number of hydrogen-bond acceptors (Lipinski definition) is 5. The molecule has 0 saturated heterocycles. The molecule has 15 heteroatoms. The highest BCUT2D eigenvalue weighted by Gasteiger charge is 2.58. The predicted octanol–water partition coefficient (Wildman–Crippen LogP) is 6.34. The minimum absolute atomic E-state index is 0.155. The van der Waals surface area contributed by atoms with Crippen LogP contribution in [-0.2, 0) is 11.0 Å². The van der Waals surface area contributed by atoms with E-state index in [0.717, 1.165) is 6.07 Å². The highest BCUT2D eigenvalue weighted by atomic mass is 19.4. The zero-order chi connectivity index (χ0) is 31.6. The average molecular weight is 614 g/mol. The molecule has 1 aliphatic rings. The van der Waals surface area contributed by atoms with E-state index in [-0.39, 0.29) is 42.9 Å². The van der Waals surface area contributed by atoms with Crippen LogP contribution in [-0.4, -0.2) is 47.9 Å². The summed E-state index contributed by atoms with van der Waals surface area (Å²) in [5.41, 5.74) is -2.82. The van der Waals surface area contributed by atoms with Crippen LogP contribution in [0.2, 0.25) is 0 Å². The first kappa shape index (κ1) is 31.8. The van der Waals surface area contributed by atoms with Crippen LogP contribution in [0.25, 0.3) is 0 Å². The molecule has 43 heavy (non-hydrogen) atoms. The van der Waals surface area contributed by atoms with Gasteiger partial charge in [-0.2, -0.15) is 26.3 Å². The van der Waals surface area contributed by atoms with Gasteiger partial charge in [-0.1, -0.05) is 30.3 Å². The average Bonchev–Trinajstić information content (AvgIpc) is 3.40. The minimum Gasteiger partial charge on any atom is -0.325 e. The van der Waals surface area contributed by atoms with Crippen molar-refractivity contribution in [1.29, 1.82) is 0 Å². The monoisotopic (exact) mass is 613 g/mol. The van der Waals surface area contributed by atoms with Crippen LogP contribution in [0.1, 0.15) is 55.7 Å². The fraction of sp³-hybridized carbons (Fsp3) is 0.429. The van der Waals surface area contributed by atoms with Crippen molar-refractivity contribution in [2.45, 2.75) is 62.5 Å². The van der Waals surface area contributed by atoms with Crippen LogP contribution in [0.5, 0.6) is 0 Å². The second-order valence-corrected chi connectivity index (χ2v) is 10.7. The summed E-state index contributed by atoms with van der Waals surface area (Å²) in [6.07, 6.45) is -7.89. The topological polar surface area (TPSA) is 103 Å². The summed E-state index contributed by atoms with van der Waals surface area (Å²) in [7, 11) is 2.79. The van der Waals surface area contributed by atoms with Crippen molar-refractivity contribution in [2.75, 3.05) is 30.0 Å². The third-order valence-corrected chi connectivity index (χ3v) is 7.74. The summed E-state index contributed by atoms with van der Waals surface area (Å²) in [6.45, 7) is 1.61. The first-order valence-corrected chi connectivity index (χ1v) is 13.4. The molecular weight excluding hydrogens is 582 g/mol. The number of halogens is 6. The van der Waals surface area contributed by atoms with Gasteiger partial charge in [0.1, 0.15) is 5.54 Å². The van der Waals surface area contributed by atoms with E-state index in [2.05, 4.69) is 21.2 Å². The van der Waals surface area contributed by atoms with Crippen LogP contribution in [0.3, 0.4) is 0 Å². The lowest BCUT2D eigenvalue weighted by molar-refractivity contribution is -0.788. The predicted molar refractivity (Wildman–Crippen MR) is 144 cm³/mol. The molecule has 9 nitrogen and oxygen atoms in total. The molecule has 1 aromatic heterocycles. The number of nitrogens with one attached hydrogen (secondary N) is 3. The van der Waals surface area contributed by atoms with Gasteiger partial charge >= 0.3 is 24.3 Å². The summed E-state index contributed by atoms with van der Waals surface area (Å²) in [6, 6.07) is 9.92. The minimum atomic E-state index is -4.77. The maximum Gasteiger partial charge on any atom is 0.416 e. The fourth-order valence-electron chi connectivity index (χ4n) is 5.17. The highest BCUT2D eigenvalue weighted by molar-refractivity contribution is 6.00. The molecule has 0 bridgehead atoms. The van der Waals surface area contributed by atoms with E-state index < -0.39 is 47.4 Å². The normalized spacial score (nSPS) is 20.0. The fourth-order valence-corrected chi connectivity index (χ4v) is 5.17. The van der Waals surface area contributed by atoms with Gasteiger partial charge in [0.2, 0.25) is 11.2 Å². The van der Waals surface area contributed by atoms with Crippen LogP contribution in [0.4, 0.5) is 48.4 Å². The van der Waals surface area contributed by atoms with Gasteiger partial charge in [0.25, 0.3) is 6.20 Å². The summed E-state index contributed by atoms with van der Waals surface area (Å²) in [4.78, 5) is 26.5. The molecule has 1 saturated carbocycles. The third-order valence-electron chi connectivity index (χ3n) is 7.74. The molecular formula is C28H31F6N6O3+. The summed E-state index contributed by atoms with van der Waals surface area (Å²) >= 11 is 0. The Morgan fingerprint density at radius 1 is 0.977 bits per heavy atom. The number of alkyl halides is 6. The van der Waals surface area contributed by atoms with Crippen LogP contribution >= 0.6 is 0 Å². The van der Waals surface area contributed by atoms with E-state index in [1.807, 2.05) is 0 Å². The largest absolute Gasteiger partial charge is 0.416 e. The molecule has 4 rings (SSSR count). The molecule has 1 atom stereocenters. The van der Waals surface area contributed by atoms with Crippen molar-refractivity contribution in [3.8, 4) is 0 Å². The van der Waals surface area contributed by atoms with Crippen molar-refractivity contribution in [1.82, 2.24) is 10.2 Å². The first-order chi connectivity index (χ1) is 20.1. The smallest absolute Gasteiger partial charge is 0.325 e. The molecule has 0 aliphatic heterocycles. The number of carbonyl (C=O) groups is 2. The molecule has 0 unspecified atom stereocenters. The zero-order valence-electron chi connectivity index (χ0n) is 23.5. The van der Waals surface area contributed by atoms with Crippen molar-refractivity contribution in [3.05, 3.63) is 65.9 Å². The summed E-state index contributed by atoms with van der Waals surface area (Å²) < 4.78 is 88.5. The molecule has 3 aromatic rings. The molecule has 1 heterocycles. The standard InChI is InChI=1S/C28H30F6N6O3/c1-17(18-7-5-4-6-8-18)24(41)35-20-13-19(27(29,30)31)14-21(15-20)36-25(42)37-23-16-40(38-43-23)22-9-11-26(12-10-22,39(2)3)28(32,33)34/h4-8,13-17,22H,9-12H2,1-3H3,(H2-,35,36,37,38,41,42)/p+1/t17-,22?,26?/m0/s1. The van der Waals surface area contributed by atoms with E-state index in [4.69, 9.17) is 4.52 Å². The number of benzene rings is 2. The Labute approximate surface area is 243 Å². The third kappa shape index (κ3) is 7.27. The number of carbonyl (C=O) groups excluding carboxylic acids is 2. The highest BCUT2D eigenvalue weighted by Crippen LogP contribution is 2.46. The van der Waals surface area contributed by atoms with Crippen molar-refractivity contribution in [2.24, 2.45) is 0 Å². The summed E-state index contributed by atoms with van der Waals surface area (Å²) in [5, 5.41) is 10.8. The first-order valence-electron chi connectivity index (χ1n) is 13.4. The van der Waals surface area contributed by atoms with Gasteiger partial charge in [0.05, 0.1) is 11.5 Å². The second kappa shape index (κ2) is 12.2. The maximum atomic E-state index is 13.8. The van der Waals surface area contributed by atoms with Crippen LogP contribution < -0.4 is 20.6 Å². The zero-order valence-corrected chi connectivity index (χ0v) is 23.5. The van der Waals surface area contributed by atoms with Crippen molar-refractivity contribution in [3.63, 3.8) is 0 Å². The number of aromatic nitrogens is 2. The van der Waals surface area contributed by atoms with Gasteiger partial charge in [-0.15, -0.1) is 0 Å². The number of hydrogen-bond donors (Lipinski definition) is 3. The van der Waals surface area contributed by atoms with Gasteiger partial charge in [-0.25, -0.2) is 4.79 Å². The number of anilines is 3.